The van der Waals surface area contributed by atoms with Crippen molar-refractivity contribution < 1.29 is 18.0 Å². The van der Waals surface area contributed by atoms with Gasteiger partial charge in [0, 0.05) is 39.1 Å². The van der Waals surface area contributed by atoms with Crippen LogP contribution in [0.3, 0.4) is 0 Å². The molecule has 34 heavy (non-hydrogen) atoms. The molecule has 1 amide bonds. The Kier molecular flexibility index (Phi) is 5.69. The van der Waals surface area contributed by atoms with Gasteiger partial charge in [0.1, 0.15) is 5.82 Å². The Morgan fingerprint density at radius 3 is 2.56 bits per heavy atom. The van der Waals surface area contributed by atoms with Crippen LogP contribution in [0.4, 0.5) is 19.0 Å². The van der Waals surface area contributed by atoms with Gasteiger partial charge in [-0.3, -0.25) is 4.79 Å². The maximum atomic E-state index is 13.9. The largest absolute Gasteiger partial charge is 0.410 e. The van der Waals surface area contributed by atoms with E-state index in [1.165, 1.54) is 6.07 Å². The standard InChI is InChI=1S/C23H18Cl2F3N5O/c24-14-3-1-12(2-4-14)18-9-20(23(26,27)28)33-21(31-18)10-19(32-33)22(34)29-11-16-8-13-7-15(25)5-6-17(13)30-16/h1-8,10,18,20,30-31H,9,11H2,(H,29,34)/t18-,20-/m1/s1. The van der Waals surface area contributed by atoms with Crippen LogP contribution in [0.15, 0.2) is 54.6 Å². The topological polar surface area (TPSA) is 74.7 Å². The molecule has 0 unspecified atom stereocenters. The van der Waals surface area contributed by atoms with Gasteiger partial charge in [-0.05, 0) is 42.0 Å². The predicted octanol–water partition coefficient (Wildman–Crippen LogP) is 6.26. The minimum Gasteiger partial charge on any atom is -0.363 e. The van der Waals surface area contributed by atoms with Crippen molar-refractivity contribution in [2.45, 2.75) is 31.2 Å². The Hall–Kier alpha value is -3.17. The van der Waals surface area contributed by atoms with Gasteiger partial charge in [-0.25, -0.2) is 4.68 Å². The highest BCUT2D eigenvalue weighted by Crippen LogP contribution is 2.43. The number of aromatic amines is 1. The lowest BCUT2D eigenvalue weighted by molar-refractivity contribution is -0.173. The normalized spacial score (nSPS) is 17.9. The summed E-state index contributed by atoms with van der Waals surface area (Å²) in [7, 11) is 0. The van der Waals surface area contributed by atoms with Crippen molar-refractivity contribution in [2.24, 2.45) is 0 Å². The number of carbonyl (C=O) groups is 1. The van der Waals surface area contributed by atoms with E-state index < -0.39 is 24.2 Å². The molecule has 0 fully saturated rings. The van der Waals surface area contributed by atoms with Crippen LogP contribution in [0.1, 0.15) is 40.3 Å². The SMILES string of the molecule is O=C(NCc1cc2cc(Cl)ccc2[nH]1)c1cc2n(n1)[C@@H](C(F)(F)F)C[C@H](c1ccc(Cl)cc1)N2. The number of nitrogens with zero attached hydrogens (tertiary/aromatic N) is 2. The summed E-state index contributed by atoms with van der Waals surface area (Å²) < 4.78 is 42.4. The fourth-order valence-electron chi connectivity index (χ4n) is 4.12. The molecule has 0 radical (unpaired) electrons. The van der Waals surface area contributed by atoms with E-state index in [-0.39, 0.29) is 24.5 Å². The Morgan fingerprint density at radius 1 is 1.09 bits per heavy atom. The Labute approximate surface area is 202 Å². The van der Waals surface area contributed by atoms with Gasteiger partial charge in [0.15, 0.2) is 11.7 Å². The molecule has 5 rings (SSSR count). The average molecular weight is 508 g/mol. The molecule has 2 aromatic carbocycles. The number of fused-ring (bicyclic) bond motifs is 2. The highest BCUT2D eigenvalue weighted by molar-refractivity contribution is 6.31. The van der Waals surface area contributed by atoms with Gasteiger partial charge in [-0.2, -0.15) is 18.3 Å². The number of anilines is 1. The van der Waals surface area contributed by atoms with Crippen LogP contribution in [-0.2, 0) is 6.54 Å². The third-order valence-electron chi connectivity index (χ3n) is 5.77. The summed E-state index contributed by atoms with van der Waals surface area (Å²) >= 11 is 11.9. The Morgan fingerprint density at radius 2 is 1.82 bits per heavy atom. The van der Waals surface area contributed by atoms with Crippen molar-refractivity contribution >= 4 is 45.8 Å². The van der Waals surface area contributed by atoms with Gasteiger partial charge in [0.25, 0.3) is 5.91 Å². The van der Waals surface area contributed by atoms with E-state index >= 15 is 0 Å². The molecule has 0 bridgehead atoms. The molecule has 6 nitrogen and oxygen atoms in total. The number of halogens is 5. The van der Waals surface area contributed by atoms with Gasteiger partial charge in [0.05, 0.1) is 12.6 Å². The van der Waals surface area contributed by atoms with E-state index in [1.807, 2.05) is 12.1 Å². The summed E-state index contributed by atoms with van der Waals surface area (Å²) in [6.07, 6.45) is -4.80. The first-order chi connectivity index (χ1) is 16.2. The molecule has 0 saturated heterocycles. The predicted molar refractivity (Wildman–Crippen MR) is 124 cm³/mol. The molecule has 1 aliphatic heterocycles. The zero-order valence-electron chi connectivity index (χ0n) is 17.5. The maximum Gasteiger partial charge on any atom is 0.410 e. The summed E-state index contributed by atoms with van der Waals surface area (Å²) in [6, 6.07) is 12.7. The molecular formula is C23H18Cl2F3N5O. The first-order valence-corrected chi connectivity index (χ1v) is 11.2. The number of aromatic nitrogens is 3. The molecule has 0 spiro atoms. The number of carbonyl (C=O) groups excluding carboxylic acids is 1. The van der Waals surface area contributed by atoms with Crippen LogP contribution in [0.2, 0.25) is 10.0 Å². The third-order valence-corrected chi connectivity index (χ3v) is 6.26. The summed E-state index contributed by atoms with van der Waals surface area (Å²) in [4.78, 5) is 15.9. The van der Waals surface area contributed by atoms with Crippen molar-refractivity contribution in [1.29, 1.82) is 0 Å². The third kappa shape index (κ3) is 4.45. The monoisotopic (exact) mass is 507 g/mol. The van der Waals surface area contributed by atoms with E-state index in [0.717, 1.165) is 21.3 Å². The number of hydrogen-bond donors (Lipinski definition) is 3. The zero-order chi connectivity index (χ0) is 24.0. The highest BCUT2D eigenvalue weighted by atomic mass is 35.5. The Balaban J connectivity index is 1.36. The lowest BCUT2D eigenvalue weighted by Crippen LogP contribution is -2.35. The molecule has 2 aromatic heterocycles. The van der Waals surface area contributed by atoms with Crippen molar-refractivity contribution in [3.05, 3.63) is 81.6 Å². The average Bonchev–Trinajstić information content (AvgIpc) is 3.40. The first-order valence-electron chi connectivity index (χ1n) is 10.4. The number of alkyl halides is 3. The van der Waals surface area contributed by atoms with Crippen LogP contribution in [-0.4, -0.2) is 26.8 Å². The summed E-state index contributed by atoms with van der Waals surface area (Å²) in [5.41, 5.74) is 2.14. The van der Waals surface area contributed by atoms with E-state index in [1.54, 1.807) is 36.4 Å². The van der Waals surface area contributed by atoms with Gasteiger partial charge in [-0.15, -0.1) is 0 Å². The van der Waals surface area contributed by atoms with Crippen molar-refractivity contribution in [3.8, 4) is 0 Å². The van der Waals surface area contributed by atoms with Crippen molar-refractivity contribution in [3.63, 3.8) is 0 Å². The molecule has 4 aromatic rings. The molecule has 11 heteroatoms. The molecular weight excluding hydrogens is 490 g/mol. The summed E-state index contributed by atoms with van der Waals surface area (Å²) in [5, 5.41) is 11.7. The van der Waals surface area contributed by atoms with Crippen molar-refractivity contribution in [2.75, 3.05) is 5.32 Å². The minimum atomic E-state index is -4.53. The number of amides is 1. The molecule has 176 valence electrons. The highest BCUT2D eigenvalue weighted by Gasteiger charge is 2.46. The second-order valence-corrected chi connectivity index (χ2v) is 8.98. The minimum absolute atomic E-state index is 0.104. The fourth-order valence-corrected chi connectivity index (χ4v) is 4.43. The van der Waals surface area contributed by atoms with Gasteiger partial charge >= 0.3 is 6.18 Å². The van der Waals surface area contributed by atoms with E-state index in [2.05, 4.69) is 20.7 Å². The molecule has 2 atom stereocenters. The molecule has 3 heterocycles. The second kappa shape index (κ2) is 8.56. The number of nitrogens with one attached hydrogen (secondary N) is 3. The van der Waals surface area contributed by atoms with E-state index in [0.29, 0.717) is 15.6 Å². The van der Waals surface area contributed by atoms with Gasteiger partial charge < -0.3 is 15.6 Å². The van der Waals surface area contributed by atoms with Crippen LogP contribution < -0.4 is 10.6 Å². The van der Waals surface area contributed by atoms with E-state index in [9.17, 15) is 18.0 Å². The second-order valence-electron chi connectivity index (χ2n) is 8.11. The quantitative estimate of drug-likeness (QED) is 0.305. The number of rotatable bonds is 4. The smallest absolute Gasteiger partial charge is 0.363 e. The molecule has 0 aliphatic carbocycles. The van der Waals surface area contributed by atoms with Crippen LogP contribution >= 0.6 is 23.2 Å². The van der Waals surface area contributed by atoms with Crippen LogP contribution in [0.25, 0.3) is 10.9 Å². The number of benzene rings is 2. The van der Waals surface area contributed by atoms with Gasteiger partial charge in [0.2, 0.25) is 0 Å². The Bertz CT molecular complexity index is 1360. The van der Waals surface area contributed by atoms with E-state index in [4.69, 9.17) is 23.2 Å². The summed E-state index contributed by atoms with van der Waals surface area (Å²) in [6.45, 7) is 0.150. The van der Waals surface area contributed by atoms with Crippen LogP contribution in [0, 0.1) is 0 Å². The van der Waals surface area contributed by atoms with Gasteiger partial charge in [-0.1, -0.05) is 35.3 Å². The van der Waals surface area contributed by atoms with Crippen LogP contribution in [0.5, 0.6) is 0 Å². The molecule has 3 N–H and O–H groups in total. The van der Waals surface area contributed by atoms with Crippen molar-refractivity contribution in [1.82, 2.24) is 20.1 Å². The fraction of sp³-hybridized carbons (Fsp3) is 0.217. The summed E-state index contributed by atoms with van der Waals surface area (Å²) in [5.74, 6) is -0.455. The molecule has 0 saturated carbocycles. The number of hydrogen-bond acceptors (Lipinski definition) is 3. The maximum absolute atomic E-state index is 13.9. The lowest BCUT2D eigenvalue weighted by atomic mass is 9.97. The molecule has 1 aliphatic rings. The first kappa shape index (κ1) is 22.6. The zero-order valence-corrected chi connectivity index (χ0v) is 19.0. The lowest BCUT2D eigenvalue weighted by Gasteiger charge is -2.33. The number of H-pyrrole nitrogens is 1.